The monoisotopic (exact) mass is 201 g/mol. The number of hydrogen-bond donors (Lipinski definition) is 2. The Morgan fingerprint density at radius 1 is 1.54 bits per heavy atom. The third kappa shape index (κ3) is 2.50. The van der Waals surface area contributed by atoms with E-state index >= 15 is 0 Å². The van der Waals surface area contributed by atoms with Gasteiger partial charge < -0.3 is 15.6 Å². The van der Waals surface area contributed by atoms with Crippen LogP contribution in [0.3, 0.4) is 0 Å². The Labute approximate surface area is 82.1 Å². The first kappa shape index (κ1) is 10.2. The summed E-state index contributed by atoms with van der Waals surface area (Å²) in [4.78, 5) is 0. The Balaban J connectivity index is 3.01. The molecule has 0 aliphatic carbocycles. The summed E-state index contributed by atoms with van der Waals surface area (Å²) in [6, 6.07) is 3.30. The van der Waals surface area contributed by atoms with E-state index in [2.05, 4.69) is 0 Å². The van der Waals surface area contributed by atoms with E-state index in [0.29, 0.717) is 16.5 Å². The number of aryl methyl sites for hydroxylation is 1. The van der Waals surface area contributed by atoms with E-state index in [1.54, 1.807) is 12.1 Å². The number of aliphatic hydroxyl groups is 1. The van der Waals surface area contributed by atoms with Gasteiger partial charge in [0.05, 0.1) is 5.69 Å². The molecule has 0 heterocycles. The van der Waals surface area contributed by atoms with E-state index in [1.165, 1.54) is 6.92 Å². The fraction of sp³-hybridized carbons (Fsp3) is 0.333. The molecular weight excluding hydrogens is 190 g/mol. The van der Waals surface area contributed by atoms with E-state index in [1.807, 2.05) is 6.92 Å². The van der Waals surface area contributed by atoms with Crippen molar-refractivity contribution in [2.75, 3.05) is 5.73 Å². The zero-order valence-corrected chi connectivity index (χ0v) is 8.30. The number of nitrogen functional groups attached to an aromatic ring is 1. The van der Waals surface area contributed by atoms with Crippen molar-refractivity contribution >= 4 is 17.3 Å². The quantitative estimate of drug-likeness (QED) is 0.568. The first-order valence-corrected chi connectivity index (χ1v) is 4.29. The van der Waals surface area contributed by atoms with Gasteiger partial charge in [-0.25, -0.2) is 0 Å². The molecule has 0 amide bonds. The van der Waals surface area contributed by atoms with Gasteiger partial charge in [0.25, 0.3) is 0 Å². The van der Waals surface area contributed by atoms with E-state index in [-0.39, 0.29) is 0 Å². The average Bonchev–Trinajstić information content (AvgIpc) is 1.99. The van der Waals surface area contributed by atoms with Gasteiger partial charge in [-0.05, 0) is 31.5 Å². The zero-order valence-electron chi connectivity index (χ0n) is 7.54. The predicted octanol–water partition coefficient (Wildman–Crippen LogP) is 1.95. The summed E-state index contributed by atoms with van der Waals surface area (Å²) < 4.78 is 5.05. The van der Waals surface area contributed by atoms with Crippen molar-refractivity contribution in [3.8, 4) is 5.75 Å². The fourth-order valence-electron chi connectivity index (χ4n) is 0.956. The molecule has 0 aliphatic heterocycles. The molecule has 1 rings (SSSR count). The molecule has 3 nitrogen and oxygen atoms in total. The lowest BCUT2D eigenvalue weighted by Crippen LogP contribution is -2.11. The van der Waals surface area contributed by atoms with E-state index in [9.17, 15) is 0 Å². The number of ether oxygens (including phenoxy) is 1. The van der Waals surface area contributed by atoms with Gasteiger partial charge >= 0.3 is 0 Å². The van der Waals surface area contributed by atoms with Crippen molar-refractivity contribution in [3.05, 3.63) is 22.7 Å². The number of aliphatic hydroxyl groups excluding tert-OH is 1. The van der Waals surface area contributed by atoms with Gasteiger partial charge in [-0.1, -0.05) is 11.6 Å². The zero-order chi connectivity index (χ0) is 10.0. The fourth-order valence-corrected chi connectivity index (χ4v) is 1.13. The van der Waals surface area contributed by atoms with Crippen molar-refractivity contribution in [2.45, 2.75) is 20.1 Å². The standard InChI is InChI=1S/C9H12ClNO2/c1-5-3-9(13-6(2)12)8(11)4-7(5)10/h3-4,6,12H,11H2,1-2H3. The van der Waals surface area contributed by atoms with Crippen molar-refractivity contribution < 1.29 is 9.84 Å². The second-order valence-corrected chi connectivity index (χ2v) is 3.26. The molecule has 0 aliphatic rings. The van der Waals surface area contributed by atoms with Gasteiger partial charge in [0.1, 0.15) is 5.75 Å². The van der Waals surface area contributed by atoms with Gasteiger partial charge in [0.2, 0.25) is 0 Å². The smallest absolute Gasteiger partial charge is 0.194 e. The van der Waals surface area contributed by atoms with Crippen molar-refractivity contribution in [2.24, 2.45) is 0 Å². The molecule has 0 radical (unpaired) electrons. The molecular formula is C9H12ClNO2. The van der Waals surface area contributed by atoms with Crippen LogP contribution < -0.4 is 10.5 Å². The number of halogens is 1. The van der Waals surface area contributed by atoms with Crippen LogP contribution in [0.15, 0.2) is 12.1 Å². The van der Waals surface area contributed by atoms with Gasteiger partial charge in [0, 0.05) is 5.02 Å². The summed E-state index contributed by atoms with van der Waals surface area (Å²) in [5, 5.41) is 9.57. The molecule has 0 spiro atoms. The first-order valence-electron chi connectivity index (χ1n) is 3.91. The molecule has 1 aromatic carbocycles. The third-order valence-corrected chi connectivity index (χ3v) is 2.00. The molecule has 72 valence electrons. The topological polar surface area (TPSA) is 55.5 Å². The second-order valence-electron chi connectivity index (χ2n) is 2.86. The van der Waals surface area contributed by atoms with Crippen LogP contribution in [0, 0.1) is 6.92 Å². The highest BCUT2D eigenvalue weighted by Crippen LogP contribution is 2.28. The van der Waals surface area contributed by atoms with Gasteiger partial charge in [-0.15, -0.1) is 0 Å². The van der Waals surface area contributed by atoms with Crippen LogP contribution in [0.5, 0.6) is 5.75 Å². The van der Waals surface area contributed by atoms with E-state index in [0.717, 1.165) is 5.56 Å². The normalized spacial score (nSPS) is 12.6. The predicted molar refractivity (Wildman–Crippen MR) is 52.9 cm³/mol. The van der Waals surface area contributed by atoms with Crippen molar-refractivity contribution in [3.63, 3.8) is 0 Å². The number of rotatable bonds is 2. The van der Waals surface area contributed by atoms with E-state index in [4.69, 9.17) is 27.2 Å². The Hall–Kier alpha value is -0.930. The van der Waals surface area contributed by atoms with Gasteiger partial charge in [-0.2, -0.15) is 0 Å². The number of nitrogens with two attached hydrogens (primary N) is 1. The first-order chi connectivity index (χ1) is 6.00. The lowest BCUT2D eigenvalue weighted by Gasteiger charge is -2.12. The molecule has 1 aromatic rings. The summed E-state index contributed by atoms with van der Waals surface area (Å²) >= 11 is 5.82. The molecule has 13 heavy (non-hydrogen) atoms. The summed E-state index contributed by atoms with van der Waals surface area (Å²) in [5.74, 6) is 0.455. The Morgan fingerprint density at radius 2 is 2.15 bits per heavy atom. The summed E-state index contributed by atoms with van der Waals surface area (Å²) in [7, 11) is 0. The maximum absolute atomic E-state index is 8.98. The summed E-state index contributed by atoms with van der Waals surface area (Å²) in [6.45, 7) is 3.36. The highest BCUT2D eigenvalue weighted by Gasteiger charge is 2.06. The second kappa shape index (κ2) is 3.85. The third-order valence-electron chi connectivity index (χ3n) is 1.59. The van der Waals surface area contributed by atoms with Gasteiger partial charge in [-0.3, -0.25) is 0 Å². The Kier molecular flexibility index (Phi) is 3.01. The molecule has 0 saturated carbocycles. The SMILES string of the molecule is Cc1cc(OC(C)O)c(N)cc1Cl. The molecule has 0 fully saturated rings. The minimum atomic E-state index is -0.872. The molecule has 1 unspecified atom stereocenters. The van der Waals surface area contributed by atoms with Crippen LogP contribution in [0.2, 0.25) is 5.02 Å². The molecule has 0 saturated heterocycles. The molecule has 0 bridgehead atoms. The van der Waals surface area contributed by atoms with Crippen LogP contribution >= 0.6 is 11.6 Å². The maximum Gasteiger partial charge on any atom is 0.194 e. The molecule has 3 N–H and O–H groups in total. The summed E-state index contributed by atoms with van der Waals surface area (Å²) in [5.41, 5.74) is 6.91. The lowest BCUT2D eigenvalue weighted by atomic mass is 10.2. The van der Waals surface area contributed by atoms with Crippen molar-refractivity contribution in [1.82, 2.24) is 0 Å². The van der Waals surface area contributed by atoms with Crippen LogP contribution in [0.25, 0.3) is 0 Å². The van der Waals surface area contributed by atoms with Gasteiger partial charge in [0.15, 0.2) is 6.29 Å². The number of anilines is 1. The van der Waals surface area contributed by atoms with Crippen LogP contribution in [-0.4, -0.2) is 11.4 Å². The van der Waals surface area contributed by atoms with Crippen molar-refractivity contribution in [1.29, 1.82) is 0 Å². The lowest BCUT2D eigenvalue weighted by molar-refractivity contribution is 0.000247. The molecule has 0 aromatic heterocycles. The Bertz CT molecular complexity index is 313. The molecule has 1 atom stereocenters. The minimum absolute atomic E-state index is 0.427. The molecule has 4 heteroatoms. The largest absolute Gasteiger partial charge is 0.463 e. The van der Waals surface area contributed by atoms with Crippen LogP contribution in [0.4, 0.5) is 5.69 Å². The highest BCUT2D eigenvalue weighted by atomic mass is 35.5. The Morgan fingerprint density at radius 3 is 2.69 bits per heavy atom. The number of hydrogen-bond acceptors (Lipinski definition) is 3. The van der Waals surface area contributed by atoms with E-state index < -0.39 is 6.29 Å². The number of benzene rings is 1. The highest BCUT2D eigenvalue weighted by molar-refractivity contribution is 6.31. The maximum atomic E-state index is 8.98. The average molecular weight is 202 g/mol. The summed E-state index contributed by atoms with van der Waals surface area (Å²) in [6.07, 6.45) is -0.872. The minimum Gasteiger partial charge on any atom is -0.463 e. The van der Waals surface area contributed by atoms with Crippen LogP contribution in [-0.2, 0) is 0 Å². The van der Waals surface area contributed by atoms with Crippen LogP contribution in [0.1, 0.15) is 12.5 Å².